The number of benzene rings is 1. The van der Waals surface area contributed by atoms with Crippen molar-refractivity contribution < 1.29 is 18.7 Å². The highest BCUT2D eigenvalue weighted by molar-refractivity contribution is 6.06. The van der Waals surface area contributed by atoms with Crippen LogP contribution in [0.1, 0.15) is 28.8 Å². The lowest BCUT2D eigenvalue weighted by atomic mass is 10.1. The van der Waals surface area contributed by atoms with Crippen LogP contribution < -0.4 is 10.1 Å². The average molecular weight is 422 g/mol. The van der Waals surface area contributed by atoms with Crippen molar-refractivity contribution in [2.24, 2.45) is 0 Å². The third-order valence-electron chi connectivity index (χ3n) is 5.38. The van der Waals surface area contributed by atoms with Crippen molar-refractivity contribution in [2.45, 2.75) is 25.5 Å². The number of hydrogen-bond acceptors (Lipinski definition) is 4. The van der Waals surface area contributed by atoms with Crippen LogP contribution >= 0.6 is 0 Å². The maximum absolute atomic E-state index is 13.8. The van der Waals surface area contributed by atoms with Crippen LogP contribution in [0.5, 0.6) is 5.75 Å². The first kappa shape index (κ1) is 20.6. The first-order valence-corrected chi connectivity index (χ1v) is 10.1. The SMILES string of the molecule is C=CC(=O)N1CCC(Oc2cnc3[nH]cc(C(=O)NCc4ccccc4F)c3c2)CC1. The Kier molecular flexibility index (Phi) is 5.97. The molecular weight excluding hydrogens is 399 g/mol. The molecule has 7 nitrogen and oxygen atoms in total. The number of likely N-dealkylation sites (tertiary alicyclic amines) is 1. The fourth-order valence-corrected chi connectivity index (χ4v) is 3.66. The minimum absolute atomic E-state index is 0.0367. The first-order valence-electron chi connectivity index (χ1n) is 10.1. The van der Waals surface area contributed by atoms with E-state index in [0.29, 0.717) is 53.8 Å². The topological polar surface area (TPSA) is 87.3 Å². The number of pyridine rings is 1. The summed E-state index contributed by atoms with van der Waals surface area (Å²) in [4.78, 5) is 33.4. The molecule has 1 aliphatic heterocycles. The number of ether oxygens (including phenoxy) is 1. The van der Waals surface area contributed by atoms with Gasteiger partial charge in [0.2, 0.25) is 5.91 Å². The molecule has 2 amide bonds. The summed E-state index contributed by atoms with van der Waals surface area (Å²) < 4.78 is 19.8. The van der Waals surface area contributed by atoms with Crippen LogP contribution in [0, 0.1) is 5.82 Å². The highest BCUT2D eigenvalue weighted by Gasteiger charge is 2.23. The zero-order valence-electron chi connectivity index (χ0n) is 16.9. The number of piperidine rings is 1. The van der Waals surface area contributed by atoms with Crippen molar-refractivity contribution in [3.63, 3.8) is 0 Å². The molecule has 1 aliphatic rings. The number of aromatic nitrogens is 2. The quantitative estimate of drug-likeness (QED) is 0.598. The zero-order valence-corrected chi connectivity index (χ0v) is 16.9. The summed E-state index contributed by atoms with van der Waals surface area (Å²) in [7, 11) is 0. The molecule has 0 aliphatic carbocycles. The van der Waals surface area contributed by atoms with Gasteiger partial charge in [0.25, 0.3) is 5.91 Å². The lowest BCUT2D eigenvalue weighted by molar-refractivity contribution is -0.127. The minimum atomic E-state index is -0.361. The van der Waals surface area contributed by atoms with E-state index in [-0.39, 0.29) is 30.3 Å². The summed E-state index contributed by atoms with van der Waals surface area (Å²) in [5.74, 6) is -0.201. The molecule has 160 valence electrons. The number of amides is 2. The Labute approximate surface area is 178 Å². The van der Waals surface area contributed by atoms with Gasteiger partial charge < -0.3 is 19.9 Å². The Morgan fingerprint density at radius 1 is 1.32 bits per heavy atom. The van der Waals surface area contributed by atoms with Crippen molar-refractivity contribution in [2.75, 3.05) is 13.1 Å². The number of fused-ring (bicyclic) bond motifs is 1. The van der Waals surface area contributed by atoms with Crippen molar-refractivity contribution in [1.82, 2.24) is 20.2 Å². The molecule has 8 heteroatoms. The van der Waals surface area contributed by atoms with E-state index in [9.17, 15) is 14.0 Å². The van der Waals surface area contributed by atoms with Gasteiger partial charge in [-0.05, 0) is 18.2 Å². The van der Waals surface area contributed by atoms with Crippen LogP contribution in [0.3, 0.4) is 0 Å². The normalized spacial score (nSPS) is 14.4. The molecule has 0 atom stereocenters. The van der Waals surface area contributed by atoms with Crippen LogP contribution in [-0.4, -0.2) is 45.9 Å². The van der Waals surface area contributed by atoms with E-state index >= 15 is 0 Å². The largest absolute Gasteiger partial charge is 0.489 e. The van der Waals surface area contributed by atoms with E-state index in [1.165, 1.54) is 12.1 Å². The lowest BCUT2D eigenvalue weighted by Gasteiger charge is -2.31. The van der Waals surface area contributed by atoms with Crippen LogP contribution in [0.4, 0.5) is 4.39 Å². The van der Waals surface area contributed by atoms with E-state index in [1.54, 1.807) is 41.6 Å². The maximum atomic E-state index is 13.8. The predicted octanol–water partition coefficient (Wildman–Crippen LogP) is 3.19. The van der Waals surface area contributed by atoms with E-state index in [0.717, 1.165) is 0 Å². The summed E-state index contributed by atoms with van der Waals surface area (Å²) in [6, 6.07) is 8.10. The van der Waals surface area contributed by atoms with Gasteiger partial charge in [0, 0.05) is 49.6 Å². The summed E-state index contributed by atoms with van der Waals surface area (Å²) in [5, 5.41) is 3.37. The van der Waals surface area contributed by atoms with Gasteiger partial charge in [-0.2, -0.15) is 0 Å². The Balaban J connectivity index is 1.43. The fourth-order valence-electron chi connectivity index (χ4n) is 3.66. The Bertz CT molecular complexity index is 1120. The highest BCUT2D eigenvalue weighted by Crippen LogP contribution is 2.24. The van der Waals surface area contributed by atoms with Crippen molar-refractivity contribution >= 4 is 22.8 Å². The van der Waals surface area contributed by atoms with Crippen molar-refractivity contribution in [3.05, 3.63) is 72.3 Å². The number of hydrogen-bond donors (Lipinski definition) is 2. The molecule has 2 aromatic heterocycles. The van der Waals surface area contributed by atoms with Gasteiger partial charge in [0.1, 0.15) is 23.3 Å². The zero-order chi connectivity index (χ0) is 21.8. The molecule has 1 saturated heterocycles. The number of aromatic amines is 1. The van der Waals surface area contributed by atoms with Crippen molar-refractivity contribution in [3.8, 4) is 5.75 Å². The molecule has 3 heterocycles. The van der Waals surface area contributed by atoms with Gasteiger partial charge in [-0.1, -0.05) is 24.8 Å². The second-order valence-corrected chi connectivity index (χ2v) is 7.39. The number of rotatable bonds is 6. The number of nitrogens with one attached hydrogen (secondary N) is 2. The second-order valence-electron chi connectivity index (χ2n) is 7.39. The van der Waals surface area contributed by atoms with E-state index in [2.05, 4.69) is 21.9 Å². The van der Waals surface area contributed by atoms with Gasteiger partial charge in [-0.25, -0.2) is 9.37 Å². The summed E-state index contributed by atoms with van der Waals surface area (Å²) in [5.41, 5.74) is 1.39. The van der Waals surface area contributed by atoms with E-state index < -0.39 is 0 Å². The monoisotopic (exact) mass is 422 g/mol. The van der Waals surface area contributed by atoms with Crippen LogP contribution in [-0.2, 0) is 11.3 Å². The van der Waals surface area contributed by atoms with Crippen LogP contribution in [0.2, 0.25) is 0 Å². The molecule has 0 unspecified atom stereocenters. The Morgan fingerprint density at radius 3 is 2.84 bits per heavy atom. The third kappa shape index (κ3) is 4.58. The molecule has 31 heavy (non-hydrogen) atoms. The maximum Gasteiger partial charge on any atom is 0.253 e. The second kappa shape index (κ2) is 8.99. The number of H-pyrrole nitrogens is 1. The van der Waals surface area contributed by atoms with Crippen LogP contribution in [0.15, 0.2) is 55.4 Å². The number of carbonyl (C=O) groups is 2. The molecule has 0 saturated carbocycles. The summed E-state index contributed by atoms with van der Waals surface area (Å²) in [6.45, 7) is 4.83. The minimum Gasteiger partial charge on any atom is -0.489 e. The van der Waals surface area contributed by atoms with Gasteiger partial charge in [-0.15, -0.1) is 0 Å². The Hall–Kier alpha value is -3.68. The predicted molar refractivity (Wildman–Crippen MR) is 114 cm³/mol. The smallest absolute Gasteiger partial charge is 0.253 e. The number of nitrogens with zero attached hydrogens (tertiary/aromatic N) is 2. The van der Waals surface area contributed by atoms with Gasteiger partial charge in [0.05, 0.1) is 11.8 Å². The molecule has 0 spiro atoms. The number of carbonyl (C=O) groups excluding carboxylic acids is 2. The Morgan fingerprint density at radius 2 is 2.10 bits per heavy atom. The highest BCUT2D eigenvalue weighted by atomic mass is 19.1. The third-order valence-corrected chi connectivity index (χ3v) is 5.38. The average Bonchev–Trinajstić information content (AvgIpc) is 3.22. The van der Waals surface area contributed by atoms with Gasteiger partial charge in [-0.3, -0.25) is 9.59 Å². The van der Waals surface area contributed by atoms with Crippen LogP contribution in [0.25, 0.3) is 11.0 Å². The van der Waals surface area contributed by atoms with E-state index in [1.807, 2.05) is 0 Å². The first-order chi connectivity index (χ1) is 15.0. The number of halogens is 1. The molecule has 0 bridgehead atoms. The lowest BCUT2D eigenvalue weighted by Crippen LogP contribution is -2.41. The van der Waals surface area contributed by atoms with E-state index in [4.69, 9.17) is 4.74 Å². The molecule has 3 aromatic rings. The molecular formula is C23H23FN4O3. The van der Waals surface area contributed by atoms with Gasteiger partial charge in [0.15, 0.2) is 0 Å². The van der Waals surface area contributed by atoms with Gasteiger partial charge >= 0.3 is 0 Å². The summed E-state index contributed by atoms with van der Waals surface area (Å²) >= 11 is 0. The molecule has 1 aromatic carbocycles. The van der Waals surface area contributed by atoms with Crippen molar-refractivity contribution in [1.29, 1.82) is 0 Å². The summed E-state index contributed by atoms with van der Waals surface area (Å²) in [6.07, 6.45) is 5.90. The standard InChI is InChI=1S/C23H23FN4O3/c1-2-21(29)28-9-7-16(8-10-28)31-17-11-18-19(14-26-22(18)25-13-17)23(30)27-12-15-5-3-4-6-20(15)24/h2-6,11,13-14,16H,1,7-10,12H2,(H,25,26)(H,27,30). The molecule has 4 rings (SSSR count). The molecule has 2 N–H and O–H groups in total. The molecule has 0 radical (unpaired) electrons. The molecule has 1 fully saturated rings. The fraction of sp³-hybridized carbons (Fsp3) is 0.261.